The molecule has 126 valence electrons. The van der Waals surface area contributed by atoms with Crippen molar-refractivity contribution in [1.82, 2.24) is 13.9 Å². The van der Waals surface area contributed by atoms with E-state index in [0.717, 1.165) is 51.6 Å². The average molecular weight is 320 g/mol. The highest BCUT2D eigenvalue weighted by Gasteiger charge is 2.29. The van der Waals surface area contributed by atoms with Crippen LogP contribution in [0, 0.1) is 0 Å². The summed E-state index contributed by atoms with van der Waals surface area (Å²) in [6.45, 7) is 4.58. The van der Waals surface area contributed by atoms with Crippen molar-refractivity contribution in [2.45, 2.75) is 64.3 Å². The Labute approximate surface area is 131 Å². The summed E-state index contributed by atoms with van der Waals surface area (Å²) < 4.78 is 28.3. The molecule has 6 heteroatoms. The number of nitrogens with one attached hydrogen (secondary N) is 1. The molecule has 0 saturated heterocycles. The molecule has 0 spiro atoms. The lowest BCUT2D eigenvalue weighted by Crippen LogP contribution is -2.45. The fraction of sp³-hybridized carbons (Fsp3) is 1.00. The van der Waals surface area contributed by atoms with Gasteiger partial charge in [0.1, 0.15) is 0 Å². The number of rotatable bonds is 9. The summed E-state index contributed by atoms with van der Waals surface area (Å²) in [4.78, 5) is 0. The molecule has 0 aliphatic heterocycles. The molecule has 0 unspecified atom stereocenters. The smallest absolute Gasteiger partial charge is 0.281 e. The summed E-state index contributed by atoms with van der Waals surface area (Å²) in [5, 5.41) is 3.31. The van der Waals surface area contributed by atoms with Crippen LogP contribution in [-0.4, -0.2) is 56.8 Å². The Bertz CT molecular complexity index is 365. The molecule has 0 atom stereocenters. The van der Waals surface area contributed by atoms with Crippen molar-refractivity contribution in [3.8, 4) is 0 Å². The zero-order valence-electron chi connectivity index (χ0n) is 14.0. The van der Waals surface area contributed by atoms with Crippen LogP contribution in [-0.2, 0) is 10.2 Å². The first-order chi connectivity index (χ1) is 10.00. The minimum absolute atomic E-state index is 0.179. The molecule has 1 rings (SSSR count). The standard InChI is InChI=1S/C15H33N3O2S/c1-4-12-16-13-9-14-17(2)21(19,20)18(3)15-10-7-5-6-8-11-15/h15-16H,4-14H2,1-3H3. The van der Waals surface area contributed by atoms with Gasteiger partial charge in [-0.3, -0.25) is 0 Å². The van der Waals surface area contributed by atoms with Crippen LogP contribution in [0.5, 0.6) is 0 Å². The maximum atomic E-state index is 12.6. The lowest BCUT2D eigenvalue weighted by Gasteiger charge is -2.30. The van der Waals surface area contributed by atoms with Crippen LogP contribution in [0.25, 0.3) is 0 Å². The molecule has 0 amide bonds. The molecule has 0 bridgehead atoms. The van der Waals surface area contributed by atoms with E-state index in [0.29, 0.717) is 6.54 Å². The second-order valence-corrected chi connectivity index (χ2v) is 8.19. The van der Waals surface area contributed by atoms with Gasteiger partial charge in [0.15, 0.2) is 0 Å². The van der Waals surface area contributed by atoms with Gasteiger partial charge in [-0.15, -0.1) is 0 Å². The number of nitrogens with zero attached hydrogens (tertiary/aromatic N) is 2. The van der Waals surface area contributed by atoms with Gasteiger partial charge < -0.3 is 5.32 Å². The van der Waals surface area contributed by atoms with E-state index in [1.54, 1.807) is 18.4 Å². The zero-order valence-corrected chi connectivity index (χ0v) is 14.8. The lowest BCUT2D eigenvalue weighted by atomic mass is 10.1. The first kappa shape index (κ1) is 18.9. The van der Waals surface area contributed by atoms with E-state index in [1.165, 1.54) is 17.1 Å². The molecule has 0 aromatic rings. The Balaban J connectivity index is 2.45. The third-order valence-corrected chi connectivity index (χ3v) is 6.35. The fourth-order valence-corrected chi connectivity index (χ4v) is 4.26. The Morgan fingerprint density at radius 3 is 2.24 bits per heavy atom. The average Bonchev–Trinajstić information content (AvgIpc) is 2.74. The number of hydrogen-bond donors (Lipinski definition) is 1. The van der Waals surface area contributed by atoms with Crippen molar-refractivity contribution in [2.75, 3.05) is 33.7 Å². The minimum Gasteiger partial charge on any atom is -0.317 e. The quantitative estimate of drug-likeness (QED) is 0.524. The highest BCUT2D eigenvalue weighted by Crippen LogP contribution is 2.23. The van der Waals surface area contributed by atoms with Gasteiger partial charge >= 0.3 is 0 Å². The van der Waals surface area contributed by atoms with E-state index in [-0.39, 0.29) is 6.04 Å². The first-order valence-corrected chi connectivity index (χ1v) is 9.80. The predicted molar refractivity (Wildman–Crippen MR) is 88.6 cm³/mol. The molecule has 1 aliphatic rings. The SMILES string of the molecule is CCCNCCCN(C)S(=O)(=O)N(C)C1CCCCCC1. The highest BCUT2D eigenvalue weighted by atomic mass is 32.2. The highest BCUT2D eigenvalue weighted by molar-refractivity contribution is 7.86. The lowest BCUT2D eigenvalue weighted by molar-refractivity contribution is 0.306. The molecule has 21 heavy (non-hydrogen) atoms. The van der Waals surface area contributed by atoms with Gasteiger partial charge in [0.05, 0.1) is 0 Å². The minimum atomic E-state index is -3.31. The summed E-state index contributed by atoms with van der Waals surface area (Å²) in [5.74, 6) is 0. The van der Waals surface area contributed by atoms with Gasteiger partial charge in [0, 0.05) is 26.7 Å². The Kier molecular flexibility index (Phi) is 8.78. The topological polar surface area (TPSA) is 52.7 Å². The van der Waals surface area contributed by atoms with E-state index < -0.39 is 10.2 Å². The van der Waals surface area contributed by atoms with Crippen molar-refractivity contribution < 1.29 is 8.42 Å². The monoisotopic (exact) mass is 319 g/mol. The van der Waals surface area contributed by atoms with E-state index in [9.17, 15) is 8.42 Å². The van der Waals surface area contributed by atoms with Gasteiger partial charge in [0.25, 0.3) is 10.2 Å². The van der Waals surface area contributed by atoms with Crippen molar-refractivity contribution in [2.24, 2.45) is 0 Å². The third kappa shape index (κ3) is 6.22. The molecular weight excluding hydrogens is 286 g/mol. The van der Waals surface area contributed by atoms with Crippen LogP contribution in [0.1, 0.15) is 58.3 Å². The van der Waals surface area contributed by atoms with Crippen LogP contribution in [0.15, 0.2) is 0 Å². The Morgan fingerprint density at radius 2 is 1.67 bits per heavy atom. The van der Waals surface area contributed by atoms with Gasteiger partial charge in [0.2, 0.25) is 0 Å². The van der Waals surface area contributed by atoms with E-state index in [2.05, 4.69) is 12.2 Å². The van der Waals surface area contributed by atoms with Crippen molar-refractivity contribution in [3.05, 3.63) is 0 Å². The van der Waals surface area contributed by atoms with Crippen molar-refractivity contribution in [1.29, 1.82) is 0 Å². The molecule has 1 aliphatic carbocycles. The van der Waals surface area contributed by atoms with Crippen LogP contribution in [0.3, 0.4) is 0 Å². The van der Waals surface area contributed by atoms with Crippen LogP contribution in [0.2, 0.25) is 0 Å². The summed E-state index contributed by atoms with van der Waals surface area (Å²) >= 11 is 0. The molecule has 1 fully saturated rings. The molecule has 0 aromatic carbocycles. The van der Waals surface area contributed by atoms with E-state index >= 15 is 0 Å². The molecule has 1 saturated carbocycles. The molecular formula is C15H33N3O2S. The maximum Gasteiger partial charge on any atom is 0.281 e. The second kappa shape index (κ2) is 9.77. The van der Waals surface area contributed by atoms with Crippen LogP contribution >= 0.6 is 0 Å². The number of hydrogen-bond acceptors (Lipinski definition) is 3. The molecule has 0 radical (unpaired) electrons. The molecule has 0 aromatic heterocycles. The summed E-state index contributed by atoms with van der Waals surface area (Å²) in [6.07, 6.45) is 8.74. The predicted octanol–water partition coefficient (Wildman–Crippen LogP) is 2.21. The molecule has 0 heterocycles. The van der Waals surface area contributed by atoms with Crippen LogP contribution in [0.4, 0.5) is 0 Å². The van der Waals surface area contributed by atoms with Crippen LogP contribution < -0.4 is 5.32 Å². The summed E-state index contributed by atoms with van der Waals surface area (Å²) in [7, 11) is 0.135. The van der Waals surface area contributed by atoms with Gasteiger partial charge in [-0.1, -0.05) is 32.6 Å². The fourth-order valence-electron chi connectivity index (χ4n) is 2.87. The second-order valence-electron chi connectivity index (χ2n) is 6.09. The summed E-state index contributed by atoms with van der Waals surface area (Å²) in [6, 6.07) is 0.179. The van der Waals surface area contributed by atoms with Gasteiger partial charge in [-0.2, -0.15) is 17.0 Å². The van der Waals surface area contributed by atoms with E-state index in [4.69, 9.17) is 0 Å². The third-order valence-electron chi connectivity index (χ3n) is 4.35. The Hall–Kier alpha value is -0.170. The largest absolute Gasteiger partial charge is 0.317 e. The zero-order chi connectivity index (χ0) is 15.7. The van der Waals surface area contributed by atoms with Crippen molar-refractivity contribution >= 4 is 10.2 Å². The van der Waals surface area contributed by atoms with Gasteiger partial charge in [-0.05, 0) is 38.8 Å². The Morgan fingerprint density at radius 1 is 1.05 bits per heavy atom. The molecule has 1 N–H and O–H groups in total. The van der Waals surface area contributed by atoms with Crippen molar-refractivity contribution in [3.63, 3.8) is 0 Å². The summed E-state index contributed by atoms with van der Waals surface area (Å²) in [5.41, 5.74) is 0. The van der Waals surface area contributed by atoms with Gasteiger partial charge in [-0.25, -0.2) is 0 Å². The maximum absolute atomic E-state index is 12.6. The molecule has 5 nitrogen and oxygen atoms in total. The first-order valence-electron chi connectivity index (χ1n) is 8.40. The normalized spacial score (nSPS) is 18.3. The van der Waals surface area contributed by atoms with E-state index in [1.807, 2.05) is 0 Å².